The summed E-state index contributed by atoms with van der Waals surface area (Å²) in [6.07, 6.45) is 0. The van der Waals surface area contributed by atoms with Crippen LogP contribution in [0.3, 0.4) is 0 Å². The van der Waals surface area contributed by atoms with Crippen LogP contribution in [-0.2, 0) is 6.54 Å². The Morgan fingerprint density at radius 3 is 2.29 bits per heavy atom. The summed E-state index contributed by atoms with van der Waals surface area (Å²) >= 11 is 0. The molecular formula is C15H17N3O3. The molecule has 110 valence electrons. The molecule has 6 heteroatoms. The van der Waals surface area contributed by atoms with E-state index in [0.29, 0.717) is 29.3 Å². The van der Waals surface area contributed by atoms with Crippen molar-refractivity contribution in [3.05, 3.63) is 47.3 Å². The van der Waals surface area contributed by atoms with E-state index >= 15 is 0 Å². The predicted molar refractivity (Wildman–Crippen MR) is 77.5 cm³/mol. The second-order valence-corrected chi connectivity index (χ2v) is 4.45. The van der Waals surface area contributed by atoms with Gasteiger partial charge in [-0.15, -0.1) is 0 Å². The van der Waals surface area contributed by atoms with Crippen molar-refractivity contribution >= 4 is 5.91 Å². The zero-order valence-electron chi connectivity index (χ0n) is 12.2. The Balaban J connectivity index is 2.07. The molecule has 0 saturated heterocycles. The highest BCUT2D eigenvalue weighted by atomic mass is 16.5. The maximum Gasteiger partial charge on any atom is 0.251 e. The summed E-state index contributed by atoms with van der Waals surface area (Å²) in [5.41, 5.74) is 2.00. The highest BCUT2D eigenvalue weighted by Crippen LogP contribution is 2.22. The zero-order chi connectivity index (χ0) is 15.2. The van der Waals surface area contributed by atoms with Crippen LogP contribution in [0.15, 0.2) is 30.3 Å². The van der Waals surface area contributed by atoms with Crippen LogP contribution in [0, 0.1) is 6.92 Å². The fraction of sp³-hybridized carbons (Fsp3) is 0.267. The van der Waals surface area contributed by atoms with Crippen LogP contribution in [0.25, 0.3) is 0 Å². The molecule has 0 spiro atoms. The average Bonchev–Trinajstić information content (AvgIpc) is 2.53. The fourth-order valence-electron chi connectivity index (χ4n) is 1.73. The number of aromatic nitrogens is 2. The van der Waals surface area contributed by atoms with E-state index in [1.807, 2.05) is 19.1 Å². The summed E-state index contributed by atoms with van der Waals surface area (Å²) < 4.78 is 10.3. The fourth-order valence-corrected chi connectivity index (χ4v) is 1.73. The molecule has 6 nitrogen and oxygen atoms in total. The molecule has 0 bridgehead atoms. The summed E-state index contributed by atoms with van der Waals surface area (Å²) in [5.74, 6) is 0.902. The number of aryl methyl sites for hydroxylation is 1. The number of carbonyl (C=O) groups excluding carboxylic acids is 1. The van der Waals surface area contributed by atoms with E-state index in [4.69, 9.17) is 9.47 Å². The van der Waals surface area contributed by atoms with Gasteiger partial charge in [0, 0.05) is 11.6 Å². The topological polar surface area (TPSA) is 73.3 Å². The number of nitrogens with one attached hydrogen (secondary N) is 1. The van der Waals surface area contributed by atoms with Gasteiger partial charge in [0.2, 0.25) is 0 Å². The summed E-state index contributed by atoms with van der Waals surface area (Å²) in [6.45, 7) is 2.17. The van der Waals surface area contributed by atoms with E-state index in [0.717, 1.165) is 5.69 Å². The lowest BCUT2D eigenvalue weighted by Crippen LogP contribution is -2.23. The third-order valence-corrected chi connectivity index (χ3v) is 2.90. The maximum absolute atomic E-state index is 12.2. The monoisotopic (exact) mass is 287 g/mol. The Morgan fingerprint density at radius 1 is 1.10 bits per heavy atom. The molecule has 2 aromatic rings. The van der Waals surface area contributed by atoms with E-state index < -0.39 is 0 Å². The van der Waals surface area contributed by atoms with Gasteiger partial charge in [0.05, 0.1) is 32.2 Å². The van der Waals surface area contributed by atoms with Crippen molar-refractivity contribution < 1.29 is 14.3 Å². The SMILES string of the molecule is COc1cc(OC)cc(C(=O)NCc2ccc(C)nn2)c1. The number of nitrogens with zero attached hydrogens (tertiary/aromatic N) is 2. The molecule has 1 aromatic heterocycles. The Bertz CT molecular complexity index is 604. The van der Waals surface area contributed by atoms with Crippen molar-refractivity contribution in [1.29, 1.82) is 0 Å². The van der Waals surface area contributed by atoms with Gasteiger partial charge in [0.15, 0.2) is 0 Å². The van der Waals surface area contributed by atoms with E-state index in [2.05, 4.69) is 15.5 Å². The standard InChI is InChI=1S/C15H17N3O3/c1-10-4-5-12(18-17-10)9-16-15(19)11-6-13(20-2)8-14(7-11)21-3/h4-8H,9H2,1-3H3,(H,16,19). The lowest BCUT2D eigenvalue weighted by atomic mass is 10.2. The summed E-state index contributed by atoms with van der Waals surface area (Å²) in [4.78, 5) is 12.2. The number of carbonyl (C=O) groups is 1. The zero-order valence-corrected chi connectivity index (χ0v) is 12.2. The Morgan fingerprint density at radius 2 is 1.76 bits per heavy atom. The first-order chi connectivity index (χ1) is 10.1. The Kier molecular flexibility index (Phi) is 4.71. The number of rotatable bonds is 5. The Labute approximate surface area is 123 Å². The van der Waals surface area contributed by atoms with Crippen molar-refractivity contribution in [3.63, 3.8) is 0 Å². The number of hydrogen-bond acceptors (Lipinski definition) is 5. The average molecular weight is 287 g/mol. The van der Waals surface area contributed by atoms with Crippen LogP contribution in [0.1, 0.15) is 21.7 Å². The van der Waals surface area contributed by atoms with E-state index in [1.165, 1.54) is 0 Å². The summed E-state index contributed by atoms with van der Waals surface area (Å²) in [5, 5.41) is 10.7. The number of ether oxygens (including phenoxy) is 2. The summed E-state index contributed by atoms with van der Waals surface area (Å²) in [7, 11) is 3.08. The predicted octanol–water partition coefficient (Wildman–Crippen LogP) is 1.73. The van der Waals surface area contributed by atoms with Gasteiger partial charge in [-0.2, -0.15) is 10.2 Å². The van der Waals surface area contributed by atoms with Gasteiger partial charge in [-0.3, -0.25) is 4.79 Å². The number of benzene rings is 1. The molecule has 0 saturated carbocycles. The van der Waals surface area contributed by atoms with Gasteiger partial charge in [-0.05, 0) is 31.2 Å². The second kappa shape index (κ2) is 6.69. The molecule has 0 aliphatic rings. The molecule has 1 aromatic carbocycles. The first-order valence-corrected chi connectivity index (χ1v) is 6.43. The molecule has 21 heavy (non-hydrogen) atoms. The third-order valence-electron chi connectivity index (χ3n) is 2.90. The van der Waals surface area contributed by atoms with Gasteiger partial charge < -0.3 is 14.8 Å². The molecule has 0 fully saturated rings. The van der Waals surface area contributed by atoms with Crippen molar-refractivity contribution in [2.45, 2.75) is 13.5 Å². The molecule has 1 heterocycles. The van der Waals surface area contributed by atoms with Gasteiger partial charge in [-0.25, -0.2) is 0 Å². The lowest BCUT2D eigenvalue weighted by Gasteiger charge is -2.09. The van der Waals surface area contributed by atoms with Crippen molar-refractivity contribution in [2.75, 3.05) is 14.2 Å². The van der Waals surface area contributed by atoms with Crippen LogP contribution in [0.2, 0.25) is 0 Å². The smallest absolute Gasteiger partial charge is 0.251 e. The largest absolute Gasteiger partial charge is 0.497 e. The number of methoxy groups -OCH3 is 2. The molecule has 1 amide bonds. The molecule has 0 unspecified atom stereocenters. The van der Waals surface area contributed by atoms with Gasteiger partial charge in [0.1, 0.15) is 11.5 Å². The van der Waals surface area contributed by atoms with Crippen LogP contribution in [0.4, 0.5) is 0 Å². The number of hydrogen-bond donors (Lipinski definition) is 1. The van der Waals surface area contributed by atoms with E-state index in [9.17, 15) is 4.79 Å². The van der Waals surface area contributed by atoms with Crippen LogP contribution >= 0.6 is 0 Å². The number of amides is 1. The van der Waals surface area contributed by atoms with E-state index in [-0.39, 0.29) is 5.91 Å². The van der Waals surface area contributed by atoms with Gasteiger partial charge in [-0.1, -0.05) is 0 Å². The van der Waals surface area contributed by atoms with E-state index in [1.54, 1.807) is 32.4 Å². The molecule has 1 N–H and O–H groups in total. The minimum Gasteiger partial charge on any atom is -0.497 e. The van der Waals surface area contributed by atoms with Gasteiger partial charge in [0.25, 0.3) is 5.91 Å². The van der Waals surface area contributed by atoms with Crippen LogP contribution < -0.4 is 14.8 Å². The van der Waals surface area contributed by atoms with Crippen LogP contribution in [0.5, 0.6) is 11.5 Å². The normalized spacial score (nSPS) is 10.0. The molecule has 0 aliphatic carbocycles. The minimum absolute atomic E-state index is 0.227. The molecule has 0 aliphatic heterocycles. The summed E-state index contributed by atoms with van der Waals surface area (Å²) in [6, 6.07) is 8.69. The molecule has 0 atom stereocenters. The van der Waals surface area contributed by atoms with Gasteiger partial charge >= 0.3 is 0 Å². The minimum atomic E-state index is -0.227. The van der Waals surface area contributed by atoms with Crippen molar-refractivity contribution in [2.24, 2.45) is 0 Å². The third kappa shape index (κ3) is 3.92. The van der Waals surface area contributed by atoms with Crippen LogP contribution in [-0.4, -0.2) is 30.3 Å². The Hall–Kier alpha value is -2.63. The second-order valence-electron chi connectivity index (χ2n) is 4.45. The molecule has 0 radical (unpaired) electrons. The molecular weight excluding hydrogens is 270 g/mol. The van der Waals surface area contributed by atoms with Crippen molar-refractivity contribution in [1.82, 2.24) is 15.5 Å². The highest BCUT2D eigenvalue weighted by molar-refractivity contribution is 5.95. The maximum atomic E-state index is 12.2. The highest BCUT2D eigenvalue weighted by Gasteiger charge is 2.10. The van der Waals surface area contributed by atoms with Crippen molar-refractivity contribution in [3.8, 4) is 11.5 Å². The molecule has 2 rings (SSSR count). The quantitative estimate of drug-likeness (QED) is 0.906. The first-order valence-electron chi connectivity index (χ1n) is 6.43. The lowest BCUT2D eigenvalue weighted by molar-refractivity contribution is 0.0949. The first kappa shape index (κ1) is 14.8.